The third-order valence-electron chi connectivity index (χ3n) is 6.25. The number of carbonyl (C=O) groups excluding carboxylic acids is 2. The van der Waals surface area contributed by atoms with Crippen molar-refractivity contribution in [3.63, 3.8) is 0 Å². The summed E-state index contributed by atoms with van der Waals surface area (Å²) in [4.78, 5) is 23.9. The Morgan fingerprint density at radius 1 is 1.08 bits per heavy atom. The van der Waals surface area contributed by atoms with E-state index in [0.29, 0.717) is 24.7 Å². The van der Waals surface area contributed by atoms with E-state index in [1.807, 2.05) is 0 Å². The second-order valence-corrected chi connectivity index (χ2v) is 8.69. The third-order valence-corrected chi connectivity index (χ3v) is 6.25. The molecule has 4 aliphatic rings. The quantitative estimate of drug-likeness (QED) is 0.535. The third kappa shape index (κ3) is 3.37. The lowest BCUT2D eigenvalue weighted by atomic mass is 9.50. The van der Waals surface area contributed by atoms with Gasteiger partial charge in [-0.25, -0.2) is 9.59 Å². The first-order chi connectivity index (χ1) is 11.9. The fourth-order valence-electron chi connectivity index (χ4n) is 5.31. The highest BCUT2D eigenvalue weighted by Gasteiger charge is 2.62. The lowest BCUT2D eigenvalue weighted by molar-refractivity contribution is -0.266. The van der Waals surface area contributed by atoms with E-state index in [1.54, 1.807) is 0 Å². The maximum absolute atomic E-state index is 13.5. The molecule has 4 saturated carbocycles. The van der Waals surface area contributed by atoms with E-state index in [4.69, 9.17) is 4.74 Å². The first-order valence-electron chi connectivity index (χ1n) is 9.07. The summed E-state index contributed by atoms with van der Waals surface area (Å²) in [7, 11) is 0. The van der Waals surface area contributed by atoms with Crippen molar-refractivity contribution in [1.82, 2.24) is 0 Å². The molecule has 1 unspecified atom stereocenters. The highest BCUT2D eigenvalue weighted by Crippen LogP contribution is 2.60. The molecule has 4 aliphatic carbocycles. The number of halogens is 3. The molecule has 1 atom stereocenters. The number of hydrogen-bond acceptors (Lipinski definition) is 4. The van der Waals surface area contributed by atoms with Crippen molar-refractivity contribution in [2.45, 2.75) is 64.1 Å². The molecule has 0 N–H and O–H groups in total. The molecule has 0 aliphatic heterocycles. The van der Waals surface area contributed by atoms with Gasteiger partial charge in [-0.3, -0.25) is 0 Å². The van der Waals surface area contributed by atoms with Crippen LogP contribution in [-0.4, -0.2) is 30.3 Å². The Morgan fingerprint density at radius 3 is 1.92 bits per heavy atom. The SMILES string of the molecule is C=C(C)C(=O)OC(C)(C(=O)OCC12CC3CC(CC(C3)C1)C2)C(F)(F)F. The minimum Gasteiger partial charge on any atom is -0.462 e. The van der Waals surface area contributed by atoms with Crippen LogP contribution in [0.15, 0.2) is 12.2 Å². The van der Waals surface area contributed by atoms with Gasteiger partial charge in [0, 0.05) is 11.0 Å². The first kappa shape index (κ1) is 19.2. The first-order valence-corrected chi connectivity index (χ1v) is 9.07. The second-order valence-electron chi connectivity index (χ2n) is 8.69. The Kier molecular flexibility index (Phi) is 4.64. The van der Waals surface area contributed by atoms with E-state index in [2.05, 4.69) is 11.3 Å². The van der Waals surface area contributed by atoms with Crippen LogP contribution in [-0.2, 0) is 19.1 Å². The molecule has 0 saturated heterocycles. The van der Waals surface area contributed by atoms with Gasteiger partial charge in [-0.15, -0.1) is 0 Å². The molecular weight excluding hydrogens is 349 g/mol. The summed E-state index contributed by atoms with van der Waals surface area (Å²) >= 11 is 0. The van der Waals surface area contributed by atoms with Crippen LogP contribution in [0.25, 0.3) is 0 Å². The molecule has 26 heavy (non-hydrogen) atoms. The Labute approximate surface area is 151 Å². The zero-order chi connectivity index (χ0) is 19.3. The number of alkyl halides is 3. The monoisotopic (exact) mass is 374 g/mol. The average molecular weight is 374 g/mol. The van der Waals surface area contributed by atoms with Gasteiger partial charge in [-0.05, 0) is 70.1 Å². The van der Waals surface area contributed by atoms with Gasteiger partial charge in [0.2, 0.25) is 0 Å². The summed E-state index contributed by atoms with van der Waals surface area (Å²) in [6.07, 6.45) is 1.19. The Balaban J connectivity index is 1.70. The Bertz CT molecular complexity index is 589. The molecule has 0 aromatic rings. The van der Waals surface area contributed by atoms with E-state index >= 15 is 0 Å². The standard InChI is InChI=1S/C19H25F3O4/c1-11(2)15(23)26-17(3,19(20,21)22)16(24)25-10-18-7-12-4-13(8-18)6-14(5-12)9-18/h12-14H,1,4-10H2,2-3H3. The number of carbonyl (C=O) groups is 2. The van der Waals surface area contributed by atoms with Crippen molar-refractivity contribution in [3.05, 3.63) is 12.2 Å². The van der Waals surface area contributed by atoms with Crippen molar-refractivity contribution >= 4 is 11.9 Å². The van der Waals surface area contributed by atoms with Crippen LogP contribution in [0, 0.1) is 23.2 Å². The smallest absolute Gasteiger partial charge is 0.439 e. The van der Waals surface area contributed by atoms with Crippen molar-refractivity contribution in [1.29, 1.82) is 0 Å². The molecule has 7 heteroatoms. The molecule has 0 spiro atoms. The van der Waals surface area contributed by atoms with Crippen LogP contribution in [0.4, 0.5) is 13.2 Å². The maximum Gasteiger partial charge on any atom is 0.439 e. The normalized spacial score (nSPS) is 34.9. The van der Waals surface area contributed by atoms with Gasteiger partial charge in [-0.2, -0.15) is 13.2 Å². The van der Waals surface area contributed by atoms with Crippen LogP contribution in [0.3, 0.4) is 0 Å². The van der Waals surface area contributed by atoms with E-state index < -0.39 is 23.7 Å². The molecule has 4 bridgehead atoms. The highest BCUT2D eigenvalue weighted by molar-refractivity contribution is 5.91. The summed E-state index contributed by atoms with van der Waals surface area (Å²) < 4.78 is 50.0. The molecule has 0 heterocycles. The van der Waals surface area contributed by atoms with E-state index in [9.17, 15) is 22.8 Å². The van der Waals surface area contributed by atoms with Crippen LogP contribution in [0.5, 0.6) is 0 Å². The van der Waals surface area contributed by atoms with Gasteiger partial charge in [-0.1, -0.05) is 6.58 Å². The number of hydrogen-bond donors (Lipinski definition) is 0. The average Bonchev–Trinajstić information content (AvgIpc) is 2.49. The van der Waals surface area contributed by atoms with Gasteiger partial charge in [0.15, 0.2) is 0 Å². The second kappa shape index (κ2) is 6.27. The Morgan fingerprint density at radius 2 is 1.54 bits per heavy atom. The largest absolute Gasteiger partial charge is 0.462 e. The van der Waals surface area contributed by atoms with Gasteiger partial charge in [0.25, 0.3) is 5.60 Å². The summed E-state index contributed by atoms with van der Waals surface area (Å²) in [5.41, 5.74) is -3.75. The molecular formula is C19H25F3O4. The van der Waals surface area contributed by atoms with Crippen LogP contribution >= 0.6 is 0 Å². The van der Waals surface area contributed by atoms with Crippen LogP contribution < -0.4 is 0 Å². The molecule has 4 nitrogen and oxygen atoms in total. The summed E-state index contributed by atoms with van der Waals surface area (Å²) in [6.45, 7) is 4.98. The predicted octanol–water partition coefficient (Wildman–Crippen LogP) is 4.19. The lowest BCUT2D eigenvalue weighted by Crippen LogP contribution is -2.55. The fraction of sp³-hybridized carbons (Fsp3) is 0.789. The maximum atomic E-state index is 13.5. The highest BCUT2D eigenvalue weighted by atomic mass is 19.4. The Hall–Kier alpha value is -1.53. The molecule has 0 radical (unpaired) electrons. The van der Waals surface area contributed by atoms with Crippen molar-refractivity contribution < 1.29 is 32.2 Å². The fourth-order valence-corrected chi connectivity index (χ4v) is 5.31. The topological polar surface area (TPSA) is 52.6 Å². The van der Waals surface area contributed by atoms with Gasteiger partial charge >= 0.3 is 18.1 Å². The molecule has 0 aromatic heterocycles. The minimum atomic E-state index is -5.07. The van der Waals surface area contributed by atoms with Crippen LogP contribution in [0.2, 0.25) is 0 Å². The van der Waals surface area contributed by atoms with Crippen molar-refractivity contribution in [2.24, 2.45) is 23.2 Å². The zero-order valence-electron chi connectivity index (χ0n) is 15.2. The lowest BCUT2D eigenvalue weighted by Gasteiger charge is -2.56. The van der Waals surface area contributed by atoms with Crippen molar-refractivity contribution in [2.75, 3.05) is 6.61 Å². The molecule has 4 fully saturated rings. The molecule has 4 rings (SSSR count). The summed E-state index contributed by atoms with van der Waals surface area (Å²) in [5, 5.41) is 0. The van der Waals surface area contributed by atoms with Gasteiger partial charge in [0.1, 0.15) is 0 Å². The van der Waals surface area contributed by atoms with Crippen molar-refractivity contribution in [3.8, 4) is 0 Å². The van der Waals surface area contributed by atoms with Gasteiger partial charge in [0.05, 0.1) is 6.61 Å². The minimum absolute atomic E-state index is 0.0361. The van der Waals surface area contributed by atoms with E-state index in [0.717, 1.165) is 19.3 Å². The number of esters is 2. The predicted molar refractivity (Wildman–Crippen MR) is 86.9 cm³/mol. The molecule has 146 valence electrons. The van der Waals surface area contributed by atoms with E-state index in [1.165, 1.54) is 26.2 Å². The van der Waals surface area contributed by atoms with Crippen LogP contribution in [0.1, 0.15) is 52.4 Å². The summed E-state index contributed by atoms with van der Waals surface area (Å²) in [5.74, 6) is -1.05. The molecule has 0 aromatic carbocycles. The van der Waals surface area contributed by atoms with E-state index in [-0.39, 0.29) is 17.6 Å². The summed E-state index contributed by atoms with van der Waals surface area (Å²) in [6, 6.07) is 0. The number of rotatable bonds is 5. The number of ether oxygens (including phenoxy) is 2. The molecule has 0 amide bonds. The van der Waals surface area contributed by atoms with Gasteiger partial charge < -0.3 is 9.47 Å². The zero-order valence-corrected chi connectivity index (χ0v) is 15.2.